The molecule has 0 saturated heterocycles. The summed E-state index contributed by atoms with van der Waals surface area (Å²) in [5.41, 5.74) is 2.58. The first kappa shape index (κ1) is 16.9. The Morgan fingerprint density at radius 2 is 1.80 bits per heavy atom. The van der Waals surface area contributed by atoms with E-state index in [1.54, 1.807) is 30.3 Å². The SMILES string of the molecule is Cc1cccc2c1NC(=O)[C@]21Nc2ccccc2C(=O)N1c1ccc2c(c1)OCO2. The third-order valence-corrected chi connectivity index (χ3v) is 5.86. The van der Waals surface area contributed by atoms with E-state index >= 15 is 0 Å². The van der Waals surface area contributed by atoms with Gasteiger partial charge in [-0.15, -0.1) is 0 Å². The Hall–Kier alpha value is -4.00. The molecule has 2 N–H and O–H groups in total. The normalized spacial score (nSPS) is 20.6. The number of carbonyl (C=O) groups excluding carboxylic acids is 2. The van der Waals surface area contributed by atoms with Gasteiger partial charge in [-0.2, -0.15) is 0 Å². The second kappa shape index (κ2) is 5.76. The Balaban J connectivity index is 1.64. The van der Waals surface area contributed by atoms with Crippen LogP contribution in [-0.4, -0.2) is 18.6 Å². The summed E-state index contributed by atoms with van der Waals surface area (Å²) in [6.07, 6.45) is 0. The van der Waals surface area contributed by atoms with E-state index in [-0.39, 0.29) is 18.6 Å². The van der Waals surface area contributed by atoms with E-state index in [4.69, 9.17) is 9.47 Å². The summed E-state index contributed by atoms with van der Waals surface area (Å²) in [7, 11) is 0. The number of hydrogen-bond donors (Lipinski definition) is 2. The second-order valence-electron chi connectivity index (χ2n) is 7.51. The highest BCUT2D eigenvalue weighted by Gasteiger charge is 2.57. The van der Waals surface area contributed by atoms with Crippen LogP contribution in [0.3, 0.4) is 0 Å². The molecule has 0 aliphatic carbocycles. The summed E-state index contributed by atoms with van der Waals surface area (Å²) in [5.74, 6) is 0.565. The molecule has 3 aliphatic rings. The van der Waals surface area contributed by atoms with Crippen molar-refractivity contribution in [1.82, 2.24) is 0 Å². The largest absolute Gasteiger partial charge is 0.454 e. The van der Waals surface area contributed by atoms with Gasteiger partial charge in [-0.25, -0.2) is 0 Å². The molecule has 1 atom stereocenters. The number of fused-ring (bicyclic) bond motifs is 4. The summed E-state index contributed by atoms with van der Waals surface area (Å²) in [5, 5.41) is 6.35. The van der Waals surface area contributed by atoms with Gasteiger partial charge in [-0.1, -0.05) is 30.3 Å². The molecule has 0 radical (unpaired) electrons. The van der Waals surface area contributed by atoms with Gasteiger partial charge >= 0.3 is 0 Å². The molecule has 2 amide bonds. The van der Waals surface area contributed by atoms with Crippen LogP contribution in [0.5, 0.6) is 11.5 Å². The van der Waals surface area contributed by atoms with Gasteiger partial charge in [-0.3, -0.25) is 14.5 Å². The number of hydrogen-bond acceptors (Lipinski definition) is 5. The zero-order chi connectivity index (χ0) is 20.5. The molecular formula is C23H17N3O4. The maximum atomic E-state index is 13.8. The Labute approximate surface area is 172 Å². The van der Waals surface area contributed by atoms with Crippen molar-refractivity contribution in [3.63, 3.8) is 0 Å². The van der Waals surface area contributed by atoms with E-state index in [1.165, 1.54) is 4.90 Å². The van der Waals surface area contributed by atoms with E-state index < -0.39 is 5.66 Å². The summed E-state index contributed by atoms with van der Waals surface area (Å²) >= 11 is 0. The van der Waals surface area contributed by atoms with E-state index in [9.17, 15) is 9.59 Å². The molecule has 0 bridgehead atoms. The van der Waals surface area contributed by atoms with Crippen molar-refractivity contribution >= 4 is 28.9 Å². The molecule has 6 rings (SSSR count). The molecule has 148 valence electrons. The number of nitrogens with one attached hydrogen (secondary N) is 2. The van der Waals surface area contributed by atoms with Crippen LogP contribution in [0.2, 0.25) is 0 Å². The first-order chi connectivity index (χ1) is 14.6. The van der Waals surface area contributed by atoms with Crippen LogP contribution in [0.15, 0.2) is 60.7 Å². The second-order valence-corrected chi connectivity index (χ2v) is 7.51. The number of benzene rings is 3. The summed E-state index contributed by atoms with van der Waals surface area (Å²) in [6.45, 7) is 2.06. The highest BCUT2D eigenvalue weighted by Crippen LogP contribution is 2.49. The van der Waals surface area contributed by atoms with Crippen LogP contribution in [-0.2, 0) is 10.5 Å². The van der Waals surface area contributed by atoms with Crippen molar-refractivity contribution in [3.8, 4) is 11.5 Å². The minimum Gasteiger partial charge on any atom is -0.454 e. The zero-order valence-corrected chi connectivity index (χ0v) is 16.1. The van der Waals surface area contributed by atoms with Gasteiger partial charge in [0.05, 0.1) is 16.9 Å². The zero-order valence-electron chi connectivity index (χ0n) is 16.1. The minimum absolute atomic E-state index is 0.126. The number of amides is 2. The number of carbonyl (C=O) groups is 2. The summed E-state index contributed by atoms with van der Waals surface area (Å²) in [6, 6.07) is 18.2. The number of nitrogens with zero attached hydrogens (tertiary/aromatic N) is 1. The quantitative estimate of drug-likeness (QED) is 0.654. The van der Waals surface area contributed by atoms with Gasteiger partial charge in [0.25, 0.3) is 11.8 Å². The molecule has 30 heavy (non-hydrogen) atoms. The molecule has 1 spiro atoms. The van der Waals surface area contributed by atoms with Crippen LogP contribution in [0.25, 0.3) is 0 Å². The molecule has 7 heteroatoms. The Bertz CT molecular complexity index is 1250. The first-order valence-corrected chi connectivity index (χ1v) is 9.62. The van der Waals surface area contributed by atoms with Crippen LogP contribution in [0, 0.1) is 6.92 Å². The Morgan fingerprint density at radius 1 is 0.967 bits per heavy atom. The third-order valence-electron chi connectivity index (χ3n) is 5.86. The van der Waals surface area contributed by atoms with Crippen molar-refractivity contribution in [2.75, 3.05) is 22.3 Å². The number of anilines is 3. The summed E-state index contributed by atoms with van der Waals surface area (Å²) < 4.78 is 10.9. The van der Waals surface area contributed by atoms with E-state index in [1.807, 2.05) is 37.3 Å². The number of rotatable bonds is 1. The average Bonchev–Trinajstić information content (AvgIpc) is 3.32. The Morgan fingerprint density at radius 3 is 2.70 bits per heavy atom. The smallest absolute Gasteiger partial charge is 0.276 e. The van der Waals surface area contributed by atoms with Crippen LogP contribution in [0.4, 0.5) is 17.1 Å². The van der Waals surface area contributed by atoms with Gasteiger partial charge in [0.15, 0.2) is 11.5 Å². The highest BCUT2D eigenvalue weighted by atomic mass is 16.7. The molecule has 0 unspecified atom stereocenters. The Kier molecular flexibility index (Phi) is 3.25. The lowest BCUT2D eigenvalue weighted by molar-refractivity contribution is -0.119. The van der Waals surface area contributed by atoms with Gasteiger partial charge in [0, 0.05) is 17.3 Å². The lowest BCUT2D eigenvalue weighted by atomic mass is 9.91. The third kappa shape index (κ3) is 2.03. The lowest BCUT2D eigenvalue weighted by Crippen LogP contribution is -2.61. The van der Waals surface area contributed by atoms with Gasteiger partial charge in [-0.05, 0) is 36.8 Å². The predicted molar refractivity (Wildman–Crippen MR) is 111 cm³/mol. The molecule has 3 aromatic rings. The molecule has 0 aromatic heterocycles. The summed E-state index contributed by atoms with van der Waals surface area (Å²) in [4.78, 5) is 28.8. The average molecular weight is 399 g/mol. The van der Waals surface area contributed by atoms with E-state index in [0.717, 1.165) is 5.56 Å². The minimum atomic E-state index is -1.42. The van der Waals surface area contributed by atoms with Crippen LogP contribution in [0.1, 0.15) is 21.5 Å². The fourth-order valence-corrected chi connectivity index (χ4v) is 4.44. The van der Waals surface area contributed by atoms with Crippen molar-refractivity contribution in [3.05, 3.63) is 77.4 Å². The molecule has 3 heterocycles. The van der Waals surface area contributed by atoms with Crippen LogP contribution >= 0.6 is 0 Å². The predicted octanol–water partition coefficient (Wildman–Crippen LogP) is 3.60. The monoisotopic (exact) mass is 399 g/mol. The van der Waals surface area contributed by atoms with E-state index in [2.05, 4.69) is 10.6 Å². The lowest BCUT2D eigenvalue weighted by Gasteiger charge is -2.44. The molecule has 0 saturated carbocycles. The fraction of sp³-hybridized carbons (Fsp3) is 0.130. The number of ether oxygens (including phenoxy) is 2. The van der Waals surface area contributed by atoms with Crippen molar-refractivity contribution in [1.29, 1.82) is 0 Å². The van der Waals surface area contributed by atoms with Crippen molar-refractivity contribution in [2.24, 2.45) is 0 Å². The van der Waals surface area contributed by atoms with Crippen molar-refractivity contribution < 1.29 is 19.1 Å². The molecule has 3 aliphatic heterocycles. The number of aryl methyl sites for hydroxylation is 1. The van der Waals surface area contributed by atoms with Gasteiger partial charge < -0.3 is 20.1 Å². The maximum absolute atomic E-state index is 13.8. The number of para-hydroxylation sites is 2. The van der Waals surface area contributed by atoms with Gasteiger partial charge in [0.1, 0.15) is 0 Å². The molecule has 3 aromatic carbocycles. The van der Waals surface area contributed by atoms with E-state index in [0.29, 0.717) is 39.7 Å². The maximum Gasteiger partial charge on any atom is 0.276 e. The molecule has 0 fully saturated rings. The topological polar surface area (TPSA) is 79.9 Å². The first-order valence-electron chi connectivity index (χ1n) is 9.62. The molecular weight excluding hydrogens is 382 g/mol. The standard InChI is InChI=1S/C23H17N3O4/c1-13-5-4-7-16-20(13)24-22(28)23(16)25-17-8-3-2-6-15(17)21(27)26(23)14-9-10-18-19(11-14)30-12-29-18/h2-11,25H,12H2,1H3,(H,24,28)/t23-/m0/s1. The fourth-order valence-electron chi connectivity index (χ4n) is 4.44. The van der Waals surface area contributed by atoms with Crippen molar-refractivity contribution in [2.45, 2.75) is 12.6 Å². The molecule has 7 nitrogen and oxygen atoms in total. The van der Waals surface area contributed by atoms with Crippen LogP contribution < -0.4 is 25.0 Å². The highest BCUT2D eigenvalue weighted by molar-refractivity contribution is 6.22. The van der Waals surface area contributed by atoms with Gasteiger partial charge in [0.2, 0.25) is 12.5 Å².